The molecule has 1 heterocycles. The van der Waals surface area contributed by atoms with Crippen LogP contribution >= 0.6 is 0 Å². The summed E-state index contributed by atoms with van der Waals surface area (Å²) in [6, 6.07) is 15.5. The first kappa shape index (κ1) is 17.2. The van der Waals surface area contributed by atoms with E-state index in [9.17, 15) is 9.59 Å². The van der Waals surface area contributed by atoms with Crippen molar-refractivity contribution in [2.24, 2.45) is 5.92 Å². The summed E-state index contributed by atoms with van der Waals surface area (Å²) in [7, 11) is 0. The van der Waals surface area contributed by atoms with Gasteiger partial charge in [-0.3, -0.25) is 9.59 Å². The number of benzene rings is 2. The highest BCUT2D eigenvalue weighted by Crippen LogP contribution is 2.31. The summed E-state index contributed by atoms with van der Waals surface area (Å²) in [6.45, 7) is 5.50. The number of amides is 2. The zero-order valence-corrected chi connectivity index (χ0v) is 14.8. The van der Waals surface area contributed by atoms with Crippen LogP contribution < -0.4 is 10.2 Å². The number of hydrogen-bond donors (Lipinski definition) is 1. The molecule has 0 aliphatic carbocycles. The Hall–Kier alpha value is -2.62. The van der Waals surface area contributed by atoms with Gasteiger partial charge in [-0.1, -0.05) is 44.2 Å². The van der Waals surface area contributed by atoms with Crippen molar-refractivity contribution in [3.8, 4) is 0 Å². The summed E-state index contributed by atoms with van der Waals surface area (Å²) in [5.41, 5.74) is 3.56. The van der Waals surface area contributed by atoms with Gasteiger partial charge in [-0.15, -0.1) is 0 Å². The largest absolute Gasteiger partial charge is 0.352 e. The summed E-state index contributed by atoms with van der Waals surface area (Å²) < 4.78 is 0. The lowest BCUT2D eigenvalue weighted by Gasteiger charge is -2.18. The van der Waals surface area contributed by atoms with Gasteiger partial charge in [0.05, 0.1) is 13.0 Å². The molecule has 4 heteroatoms. The van der Waals surface area contributed by atoms with E-state index in [1.165, 1.54) is 0 Å². The van der Waals surface area contributed by atoms with Gasteiger partial charge in [0.15, 0.2) is 0 Å². The molecule has 0 bridgehead atoms. The Morgan fingerprint density at radius 2 is 1.92 bits per heavy atom. The third kappa shape index (κ3) is 4.08. The molecule has 0 atom stereocenters. The maximum atomic E-state index is 12.4. The fourth-order valence-corrected chi connectivity index (χ4v) is 3.04. The molecule has 0 fully saturated rings. The van der Waals surface area contributed by atoms with Crippen LogP contribution in [-0.4, -0.2) is 18.4 Å². The summed E-state index contributed by atoms with van der Waals surface area (Å²) >= 11 is 0. The Bertz CT molecular complexity index is 769. The molecular weight excluding hydrogens is 312 g/mol. The molecule has 0 aromatic heterocycles. The maximum Gasteiger partial charge on any atom is 0.251 e. The molecule has 1 aliphatic heterocycles. The molecular formula is C21H24N2O2. The highest BCUT2D eigenvalue weighted by molar-refractivity contribution is 6.03. The van der Waals surface area contributed by atoms with Crippen LogP contribution in [0, 0.1) is 5.92 Å². The van der Waals surface area contributed by atoms with E-state index >= 15 is 0 Å². The average Bonchev–Trinajstić information content (AvgIpc) is 2.90. The SMILES string of the molecule is CC(C)CCNC(=O)c1ccc2c(c1)CC(=O)N2Cc1ccccc1. The molecule has 2 aromatic carbocycles. The molecule has 1 aliphatic rings. The van der Waals surface area contributed by atoms with Crippen molar-refractivity contribution >= 4 is 17.5 Å². The summed E-state index contributed by atoms with van der Waals surface area (Å²) in [5.74, 6) is 0.568. The predicted octanol–water partition coefficient (Wildman–Crippen LogP) is 3.55. The number of hydrogen-bond acceptors (Lipinski definition) is 2. The smallest absolute Gasteiger partial charge is 0.251 e. The van der Waals surface area contributed by atoms with Gasteiger partial charge in [0.25, 0.3) is 5.91 Å². The van der Waals surface area contributed by atoms with Crippen molar-refractivity contribution < 1.29 is 9.59 Å². The van der Waals surface area contributed by atoms with Crippen LogP contribution in [0.15, 0.2) is 48.5 Å². The second-order valence-corrected chi connectivity index (χ2v) is 6.92. The molecule has 0 unspecified atom stereocenters. The van der Waals surface area contributed by atoms with Gasteiger partial charge in [-0.2, -0.15) is 0 Å². The minimum Gasteiger partial charge on any atom is -0.352 e. The fourth-order valence-electron chi connectivity index (χ4n) is 3.04. The van der Waals surface area contributed by atoms with Gasteiger partial charge in [0, 0.05) is 17.8 Å². The Balaban J connectivity index is 1.72. The zero-order chi connectivity index (χ0) is 17.8. The molecule has 0 saturated heterocycles. The molecule has 2 aromatic rings. The molecule has 0 spiro atoms. The Morgan fingerprint density at radius 3 is 2.64 bits per heavy atom. The number of anilines is 1. The predicted molar refractivity (Wildman–Crippen MR) is 99.6 cm³/mol. The molecule has 130 valence electrons. The number of carbonyl (C=O) groups excluding carboxylic acids is 2. The van der Waals surface area contributed by atoms with Gasteiger partial charge in [0.2, 0.25) is 5.91 Å². The van der Waals surface area contributed by atoms with Crippen molar-refractivity contribution in [3.05, 3.63) is 65.2 Å². The first-order valence-electron chi connectivity index (χ1n) is 8.80. The fraction of sp³-hybridized carbons (Fsp3) is 0.333. The monoisotopic (exact) mass is 336 g/mol. The van der Waals surface area contributed by atoms with Crippen LogP contribution in [-0.2, 0) is 17.8 Å². The van der Waals surface area contributed by atoms with Crippen LogP contribution in [0.4, 0.5) is 5.69 Å². The lowest BCUT2D eigenvalue weighted by molar-refractivity contribution is -0.117. The third-order valence-corrected chi connectivity index (χ3v) is 4.47. The van der Waals surface area contributed by atoms with Gasteiger partial charge >= 0.3 is 0 Å². The van der Waals surface area contributed by atoms with Gasteiger partial charge < -0.3 is 10.2 Å². The minimum atomic E-state index is -0.0718. The van der Waals surface area contributed by atoms with Crippen LogP contribution in [0.3, 0.4) is 0 Å². The second kappa shape index (κ2) is 7.51. The van der Waals surface area contributed by atoms with E-state index in [1.54, 1.807) is 11.0 Å². The van der Waals surface area contributed by atoms with E-state index in [2.05, 4.69) is 19.2 Å². The Labute approximate surface area is 148 Å². The minimum absolute atomic E-state index is 0.0718. The van der Waals surface area contributed by atoms with E-state index in [4.69, 9.17) is 0 Å². The number of nitrogens with one attached hydrogen (secondary N) is 1. The molecule has 1 N–H and O–H groups in total. The number of fused-ring (bicyclic) bond motifs is 1. The van der Waals surface area contributed by atoms with E-state index in [-0.39, 0.29) is 11.8 Å². The van der Waals surface area contributed by atoms with E-state index in [1.807, 2.05) is 42.5 Å². The van der Waals surface area contributed by atoms with Crippen molar-refractivity contribution in [2.75, 3.05) is 11.4 Å². The van der Waals surface area contributed by atoms with Crippen molar-refractivity contribution in [1.29, 1.82) is 0 Å². The van der Waals surface area contributed by atoms with E-state index in [0.29, 0.717) is 31.0 Å². The number of carbonyl (C=O) groups is 2. The molecule has 0 radical (unpaired) electrons. The zero-order valence-electron chi connectivity index (χ0n) is 14.8. The van der Waals surface area contributed by atoms with Gasteiger partial charge in [-0.25, -0.2) is 0 Å². The standard InChI is InChI=1S/C21H24N2O2/c1-15(2)10-11-22-21(25)17-8-9-19-18(12-17)13-20(24)23(19)14-16-6-4-3-5-7-16/h3-9,12,15H,10-11,13-14H2,1-2H3,(H,22,25). The van der Waals surface area contributed by atoms with Crippen molar-refractivity contribution in [3.63, 3.8) is 0 Å². The van der Waals surface area contributed by atoms with Crippen LogP contribution in [0.25, 0.3) is 0 Å². The van der Waals surface area contributed by atoms with Crippen molar-refractivity contribution in [2.45, 2.75) is 33.2 Å². The summed E-state index contributed by atoms with van der Waals surface area (Å²) in [4.78, 5) is 26.5. The van der Waals surface area contributed by atoms with E-state index in [0.717, 1.165) is 23.2 Å². The van der Waals surface area contributed by atoms with Crippen LogP contribution in [0.2, 0.25) is 0 Å². The maximum absolute atomic E-state index is 12.4. The summed E-state index contributed by atoms with van der Waals surface area (Å²) in [6.07, 6.45) is 1.31. The Kier molecular flexibility index (Phi) is 5.17. The van der Waals surface area contributed by atoms with Gasteiger partial charge in [0.1, 0.15) is 0 Å². The van der Waals surface area contributed by atoms with E-state index < -0.39 is 0 Å². The number of rotatable bonds is 6. The molecule has 4 nitrogen and oxygen atoms in total. The lowest BCUT2D eigenvalue weighted by Crippen LogP contribution is -2.26. The van der Waals surface area contributed by atoms with Gasteiger partial charge in [-0.05, 0) is 41.7 Å². The normalized spacial score (nSPS) is 13.2. The third-order valence-electron chi connectivity index (χ3n) is 4.47. The highest BCUT2D eigenvalue weighted by Gasteiger charge is 2.27. The molecule has 0 saturated carbocycles. The second-order valence-electron chi connectivity index (χ2n) is 6.92. The average molecular weight is 336 g/mol. The first-order chi connectivity index (χ1) is 12.0. The quantitative estimate of drug-likeness (QED) is 0.877. The molecule has 3 rings (SSSR count). The topological polar surface area (TPSA) is 49.4 Å². The van der Waals surface area contributed by atoms with Crippen LogP contribution in [0.5, 0.6) is 0 Å². The van der Waals surface area contributed by atoms with Crippen molar-refractivity contribution in [1.82, 2.24) is 5.32 Å². The van der Waals surface area contributed by atoms with Crippen LogP contribution in [0.1, 0.15) is 41.8 Å². The molecule has 2 amide bonds. The molecule has 25 heavy (non-hydrogen) atoms. The lowest BCUT2D eigenvalue weighted by atomic mass is 10.1. The highest BCUT2D eigenvalue weighted by atomic mass is 16.2. The summed E-state index contributed by atoms with van der Waals surface area (Å²) in [5, 5.41) is 2.95. The number of nitrogens with zero attached hydrogens (tertiary/aromatic N) is 1. The Morgan fingerprint density at radius 1 is 1.16 bits per heavy atom. The first-order valence-corrected chi connectivity index (χ1v) is 8.80.